The van der Waals surface area contributed by atoms with Crippen LogP contribution in [0.15, 0.2) is 41.0 Å². The van der Waals surface area contributed by atoms with E-state index in [1.54, 1.807) is 36.5 Å². The summed E-state index contributed by atoms with van der Waals surface area (Å²) in [6.45, 7) is 1.87. The Morgan fingerprint density at radius 2 is 2.11 bits per heavy atom. The molecule has 1 amide bonds. The van der Waals surface area contributed by atoms with Crippen molar-refractivity contribution in [3.63, 3.8) is 0 Å². The number of benzene rings is 1. The molecule has 0 bridgehead atoms. The van der Waals surface area contributed by atoms with Crippen LogP contribution in [0.5, 0.6) is 0 Å². The van der Waals surface area contributed by atoms with Gasteiger partial charge in [-0.3, -0.25) is 9.78 Å². The highest BCUT2D eigenvalue weighted by atomic mass is 79.9. The van der Waals surface area contributed by atoms with Crippen LogP contribution in [-0.4, -0.2) is 10.9 Å². The Bertz CT molecular complexity index is 578. The van der Waals surface area contributed by atoms with Gasteiger partial charge in [0.2, 0.25) is 0 Å². The third-order valence-electron chi connectivity index (χ3n) is 2.34. The van der Waals surface area contributed by atoms with E-state index in [2.05, 4.69) is 26.2 Å². The second-order valence-corrected chi connectivity index (χ2v) is 4.83. The summed E-state index contributed by atoms with van der Waals surface area (Å²) < 4.78 is 0.776. The molecule has 1 heterocycles. The molecule has 92 valence electrons. The molecule has 0 radical (unpaired) electrons. The maximum absolute atomic E-state index is 12.0. The standard InChI is InChI=1S/C13H12BrN3O/c1-8-4-12(2-3-16-8)17-13(18)9-5-10(14)7-11(15)6-9/h2-7H,15H2,1H3,(H,16,17,18). The molecule has 3 N–H and O–H groups in total. The summed E-state index contributed by atoms with van der Waals surface area (Å²) in [5.74, 6) is -0.200. The summed E-state index contributed by atoms with van der Waals surface area (Å²) in [4.78, 5) is 16.1. The molecule has 0 aliphatic carbocycles. The van der Waals surface area contributed by atoms with E-state index in [0.717, 1.165) is 10.2 Å². The van der Waals surface area contributed by atoms with Crippen molar-refractivity contribution in [2.24, 2.45) is 0 Å². The van der Waals surface area contributed by atoms with Gasteiger partial charge in [-0.05, 0) is 37.3 Å². The molecule has 18 heavy (non-hydrogen) atoms. The number of aryl methyl sites for hydroxylation is 1. The van der Waals surface area contributed by atoms with Crippen LogP contribution in [0.2, 0.25) is 0 Å². The topological polar surface area (TPSA) is 68.0 Å². The maximum Gasteiger partial charge on any atom is 0.255 e. The van der Waals surface area contributed by atoms with Gasteiger partial charge in [-0.1, -0.05) is 15.9 Å². The lowest BCUT2D eigenvalue weighted by Gasteiger charge is -2.07. The Morgan fingerprint density at radius 3 is 2.78 bits per heavy atom. The first kappa shape index (κ1) is 12.6. The van der Waals surface area contributed by atoms with Crippen molar-refractivity contribution in [3.05, 3.63) is 52.3 Å². The smallest absolute Gasteiger partial charge is 0.255 e. The molecule has 5 heteroatoms. The third kappa shape index (κ3) is 3.07. The summed E-state index contributed by atoms with van der Waals surface area (Å²) in [5, 5.41) is 2.80. The first-order valence-electron chi connectivity index (χ1n) is 5.34. The van der Waals surface area contributed by atoms with Gasteiger partial charge >= 0.3 is 0 Å². The Hall–Kier alpha value is -1.88. The number of hydrogen-bond acceptors (Lipinski definition) is 3. The number of nitrogens with two attached hydrogens (primary N) is 1. The van der Waals surface area contributed by atoms with Crippen molar-refractivity contribution >= 4 is 33.2 Å². The van der Waals surface area contributed by atoms with E-state index < -0.39 is 0 Å². The Labute approximate surface area is 113 Å². The number of halogens is 1. The zero-order valence-electron chi connectivity index (χ0n) is 9.77. The van der Waals surface area contributed by atoms with Crippen LogP contribution in [-0.2, 0) is 0 Å². The number of carbonyl (C=O) groups is 1. The minimum atomic E-state index is -0.200. The molecule has 0 saturated carbocycles. The highest BCUT2D eigenvalue weighted by molar-refractivity contribution is 9.10. The lowest BCUT2D eigenvalue weighted by molar-refractivity contribution is 0.102. The normalized spacial score (nSPS) is 10.1. The van der Waals surface area contributed by atoms with E-state index in [1.165, 1.54) is 0 Å². The zero-order valence-corrected chi connectivity index (χ0v) is 11.4. The Kier molecular flexibility index (Phi) is 3.62. The Balaban J connectivity index is 2.22. The number of anilines is 2. The van der Waals surface area contributed by atoms with Crippen LogP contribution in [0.25, 0.3) is 0 Å². The molecular weight excluding hydrogens is 294 g/mol. The fourth-order valence-corrected chi connectivity index (χ4v) is 2.08. The van der Waals surface area contributed by atoms with Gasteiger partial charge in [-0.25, -0.2) is 0 Å². The number of carbonyl (C=O) groups excluding carboxylic acids is 1. The van der Waals surface area contributed by atoms with Crippen molar-refractivity contribution in [1.29, 1.82) is 0 Å². The predicted octanol–water partition coefficient (Wildman–Crippen LogP) is 2.99. The molecule has 2 rings (SSSR count). The molecular formula is C13H12BrN3O. The summed E-state index contributed by atoms with van der Waals surface area (Å²) in [5.41, 5.74) is 8.31. The van der Waals surface area contributed by atoms with E-state index in [-0.39, 0.29) is 5.91 Å². The van der Waals surface area contributed by atoms with Crippen molar-refractivity contribution in [3.8, 4) is 0 Å². The molecule has 0 unspecified atom stereocenters. The average molecular weight is 306 g/mol. The first-order valence-corrected chi connectivity index (χ1v) is 6.14. The van der Waals surface area contributed by atoms with Gasteiger partial charge in [0.25, 0.3) is 5.91 Å². The Morgan fingerprint density at radius 1 is 1.33 bits per heavy atom. The van der Waals surface area contributed by atoms with Gasteiger partial charge in [0, 0.05) is 33.3 Å². The zero-order chi connectivity index (χ0) is 13.1. The van der Waals surface area contributed by atoms with Crippen LogP contribution < -0.4 is 11.1 Å². The molecule has 0 atom stereocenters. The number of rotatable bonds is 2. The predicted molar refractivity (Wildman–Crippen MR) is 75.5 cm³/mol. The SMILES string of the molecule is Cc1cc(NC(=O)c2cc(N)cc(Br)c2)ccn1. The number of nitrogen functional groups attached to an aromatic ring is 1. The van der Waals surface area contributed by atoms with Gasteiger partial charge in [-0.15, -0.1) is 0 Å². The summed E-state index contributed by atoms with van der Waals surface area (Å²) in [6, 6.07) is 8.65. The summed E-state index contributed by atoms with van der Waals surface area (Å²) in [6.07, 6.45) is 1.65. The van der Waals surface area contributed by atoms with Crippen LogP contribution in [0.1, 0.15) is 16.1 Å². The fourth-order valence-electron chi connectivity index (χ4n) is 1.57. The maximum atomic E-state index is 12.0. The second kappa shape index (κ2) is 5.18. The largest absolute Gasteiger partial charge is 0.399 e. The van der Waals surface area contributed by atoms with Gasteiger partial charge in [0.05, 0.1) is 0 Å². The number of hydrogen-bond donors (Lipinski definition) is 2. The lowest BCUT2D eigenvalue weighted by Crippen LogP contribution is -2.12. The molecule has 0 fully saturated rings. The van der Waals surface area contributed by atoms with Crippen LogP contribution >= 0.6 is 15.9 Å². The van der Waals surface area contributed by atoms with E-state index in [0.29, 0.717) is 16.9 Å². The molecule has 4 nitrogen and oxygen atoms in total. The van der Waals surface area contributed by atoms with Crippen molar-refractivity contribution in [2.45, 2.75) is 6.92 Å². The minimum Gasteiger partial charge on any atom is -0.399 e. The molecule has 1 aromatic carbocycles. The first-order chi connectivity index (χ1) is 8.54. The highest BCUT2D eigenvalue weighted by Crippen LogP contribution is 2.18. The minimum absolute atomic E-state index is 0.200. The van der Waals surface area contributed by atoms with E-state index in [4.69, 9.17) is 5.73 Å². The molecule has 2 aromatic rings. The lowest BCUT2D eigenvalue weighted by atomic mass is 10.2. The molecule has 1 aromatic heterocycles. The van der Waals surface area contributed by atoms with Crippen molar-refractivity contribution in [2.75, 3.05) is 11.1 Å². The van der Waals surface area contributed by atoms with Crippen LogP contribution in [0.3, 0.4) is 0 Å². The van der Waals surface area contributed by atoms with Gasteiger partial charge in [0.1, 0.15) is 0 Å². The van der Waals surface area contributed by atoms with Crippen LogP contribution in [0.4, 0.5) is 11.4 Å². The highest BCUT2D eigenvalue weighted by Gasteiger charge is 2.08. The molecule has 0 aliphatic heterocycles. The monoisotopic (exact) mass is 305 g/mol. The van der Waals surface area contributed by atoms with Crippen molar-refractivity contribution < 1.29 is 4.79 Å². The van der Waals surface area contributed by atoms with Gasteiger partial charge in [0.15, 0.2) is 0 Å². The fraction of sp³-hybridized carbons (Fsp3) is 0.0769. The number of nitrogens with one attached hydrogen (secondary N) is 1. The van der Waals surface area contributed by atoms with Gasteiger partial charge < -0.3 is 11.1 Å². The average Bonchev–Trinajstić information content (AvgIpc) is 2.27. The van der Waals surface area contributed by atoms with Crippen molar-refractivity contribution in [1.82, 2.24) is 4.98 Å². The second-order valence-electron chi connectivity index (χ2n) is 3.91. The van der Waals surface area contributed by atoms with E-state index >= 15 is 0 Å². The third-order valence-corrected chi connectivity index (χ3v) is 2.79. The molecule has 0 saturated heterocycles. The van der Waals surface area contributed by atoms with Gasteiger partial charge in [-0.2, -0.15) is 0 Å². The summed E-state index contributed by atoms with van der Waals surface area (Å²) in [7, 11) is 0. The summed E-state index contributed by atoms with van der Waals surface area (Å²) >= 11 is 3.31. The van der Waals surface area contributed by atoms with Crippen LogP contribution in [0, 0.1) is 6.92 Å². The molecule has 0 aliphatic rings. The van der Waals surface area contributed by atoms with E-state index in [9.17, 15) is 4.79 Å². The quantitative estimate of drug-likeness (QED) is 0.838. The number of aromatic nitrogens is 1. The number of nitrogens with zero attached hydrogens (tertiary/aromatic N) is 1. The molecule has 0 spiro atoms. The van der Waals surface area contributed by atoms with E-state index in [1.807, 2.05) is 6.92 Å². The number of pyridine rings is 1. The number of amides is 1.